The number of ether oxygens (including phenoxy) is 3. The van der Waals surface area contributed by atoms with Crippen molar-refractivity contribution in [1.82, 2.24) is 10.9 Å². The highest BCUT2D eigenvalue weighted by atomic mass is 16.5. The summed E-state index contributed by atoms with van der Waals surface area (Å²) < 4.78 is 17.7. The molecule has 5 rings (SSSR count). The zero-order valence-corrected chi connectivity index (χ0v) is 24.8. The minimum absolute atomic E-state index is 0.0424. The van der Waals surface area contributed by atoms with Crippen molar-refractivity contribution < 1.29 is 24.1 Å². The van der Waals surface area contributed by atoms with E-state index in [0.717, 1.165) is 11.1 Å². The SMILES string of the molecule is COc1ccccc1CNNC(=O)[C@@]1(Cc2ccccc2)N=C(c2ccc(OCCCO)cc2)O[C@H]1c1ccccc1N=[N+]=[N-]. The summed E-state index contributed by atoms with van der Waals surface area (Å²) in [6.45, 7) is 0.723. The van der Waals surface area contributed by atoms with E-state index in [0.29, 0.717) is 47.9 Å². The van der Waals surface area contributed by atoms with Gasteiger partial charge in [0.25, 0.3) is 5.91 Å². The summed E-state index contributed by atoms with van der Waals surface area (Å²) >= 11 is 0. The molecule has 0 aromatic heterocycles. The Labute approximate surface area is 261 Å². The summed E-state index contributed by atoms with van der Waals surface area (Å²) in [5, 5.41) is 13.0. The van der Waals surface area contributed by atoms with Crippen LogP contribution in [0.15, 0.2) is 113 Å². The number of benzene rings is 4. The third-order valence-electron chi connectivity index (χ3n) is 7.39. The van der Waals surface area contributed by atoms with Crippen molar-refractivity contribution in [2.45, 2.75) is 31.0 Å². The number of carbonyl (C=O) groups is 1. The van der Waals surface area contributed by atoms with E-state index in [1.54, 1.807) is 55.6 Å². The maximum Gasteiger partial charge on any atom is 0.266 e. The van der Waals surface area contributed by atoms with Gasteiger partial charge in [0.15, 0.2) is 11.6 Å². The van der Waals surface area contributed by atoms with Gasteiger partial charge >= 0.3 is 0 Å². The number of para-hydroxylation sites is 1. The van der Waals surface area contributed by atoms with E-state index in [-0.39, 0.29) is 18.9 Å². The lowest BCUT2D eigenvalue weighted by Crippen LogP contribution is -2.53. The van der Waals surface area contributed by atoms with Crippen molar-refractivity contribution in [3.63, 3.8) is 0 Å². The molecule has 230 valence electrons. The van der Waals surface area contributed by atoms with Crippen LogP contribution in [0.25, 0.3) is 10.4 Å². The highest BCUT2D eigenvalue weighted by molar-refractivity contribution is 6.01. The average Bonchev–Trinajstić information content (AvgIpc) is 3.46. The molecule has 4 aromatic carbocycles. The molecular weight excluding hydrogens is 572 g/mol. The zero-order valence-electron chi connectivity index (χ0n) is 24.8. The Kier molecular flexibility index (Phi) is 10.3. The summed E-state index contributed by atoms with van der Waals surface area (Å²) in [5.74, 6) is 1.15. The number of aliphatic imine (C=N–C) groups is 1. The van der Waals surface area contributed by atoms with Gasteiger partial charge in [0.05, 0.1) is 13.7 Å². The normalized spacial score (nSPS) is 17.0. The highest BCUT2D eigenvalue weighted by Crippen LogP contribution is 2.45. The van der Waals surface area contributed by atoms with Gasteiger partial charge in [-0.2, -0.15) is 0 Å². The quantitative estimate of drug-likeness (QED) is 0.0549. The minimum atomic E-state index is -1.50. The Morgan fingerprint density at radius 1 is 1.02 bits per heavy atom. The second-order valence-electron chi connectivity index (χ2n) is 10.3. The fraction of sp³-hybridized carbons (Fsp3) is 0.235. The van der Waals surface area contributed by atoms with E-state index in [1.807, 2.05) is 54.6 Å². The molecule has 11 nitrogen and oxygen atoms in total. The first-order valence-corrected chi connectivity index (χ1v) is 14.5. The number of azide groups is 1. The fourth-order valence-corrected chi connectivity index (χ4v) is 5.19. The van der Waals surface area contributed by atoms with Crippen LogP contribution in [0.3, 0.4) is 0 Å². The van der Waals surface area contributed by atoms with Gasteiger partial charge in [-0.15, -0.1) is 0 Å². The zero-order chi connectivity index (χ0) is 31.5. The number of nitrogens with one attached hydrogen (secondary N) is 2. The molecule has 2 atom stereocenters. The summed E-state index contributed by atoms with van der Waals surface area (Å²) in [7, 11) is 1.60. The first-order chi connectivity index (χ1) is 22.1. The molecule has 0 fully saturated rings. The van der Waals surface area contributed by atoms with E-state index in [9.17, 15) is 10.3 Å². The molecule has 45 heavy (non-hydrogen) atoms. The van der Waals surface area contributed by atoms with Gasteiger partial charge in [-0.1, -0.05) is 77.9 Å². The second-order valence-corrected chi connectivity index (χ2v) is 10.3. The van der Waals surface area contributed by atoms with Crippen molar-refractivity contribution in [1.29, 1.82) is 0 Å². The van der Waals surface area contributed by atoms with Gasteiger partial charge in [-0.25, -0.2) is 10.4 Å². The third kappa shape index (κ3) is 7.25. The number of aliphatic hydroxyl groups excluding tert-OH is 1. The third-order valence-corrected chi connectivity index (χ3v) is 7.39. The molecule has 0 bridgehead atoms. The summed E-state index contributed by atoms with van der Waals surface area (Å²) in [4.78, 5) is 22.4. The van der Waals surface area contributed by atoms with Crippen LogP contribution in [0.2, 0.25) is 0 Å². The summed E-state index contributed by atoms with van der Waals surface area (Å²) in [6.07, 6.45) is -0.230. The molecule has 3 N–H and O–H groups in total. The topological polar surface area (TPSA) is 150 Å². The Hall–Kier alpha value is -5.35. The van der Waals surface area contributed by atoms with Crippen LogP contribution in [0.5, 0.6) is 11.5 Å². The van der Waals surface area contributed by atoms with Crippen molar-refractivity contribution in [2.24, 2.45) is 10.1 Å². The van der Waals surface area contributed by atoms with E-state index in [4.69, 9.17) is 24.3 Å². The molecule has 0 radical (unpaired) electrons. The standard InChI is InChI=1S/C34H34N6O5/c1-43-30-15-8-5-12-26(30)23-36-39-33(42)34(22-24-10-3-2-4-11-24)31(28-13-6-7-14-29(28)38-40-35)45-32(37-34)25-16-18-27(19-17-25)44-21-9-20-41/h2-8,10-19,31,36,41H,9,20-23H2,1H3,(H,39,42)/t31-,34-/m0/s1. The molecule has 0 aliphatic carbocycles. The summed E-state index contributed by atoms with van der Waals surface area (Å²) in [5.41, 5.74) is 17.0. The predicted octanol–water partition coefficient (Wildman–Crippen LogP) is 5.72. The molecule has 1 aliphatic rings. The van der Waals surface area contributed by atoms with Gasteiger partial charge in [-0.3, -0.25) is 10.2 Å². The van der Waals surface area contributed by atoms with Gasteiger partial charge in [0.2, 0.25) is 5.90 Å². The van der Waals surface area contributed by atoms with Gasteiger partial charge in [0.1, 0.15) is 11.5 Å². The number of rotatable bonds is 14. The number of hydrogen-bond acceptors (Lipinski definition) is 8. The van der Waals surface area contributed by atoms with Gasteiger partial charge in [0, 0.05) is 53.3 Å². The summed E-state index contributed by atoms with van der Waals surface area (Å²) in [6, 6.07) is 31.3. The molecular formula is C34H34N6O5. The van der Waals surface area contributed by atoms with Crippen molar-refractivity contribution >= 4 is 17.5 Å². The number of amides is 1. The Balaban J connectivity index is 1.55. The van der Waals surface area contributed by atoms with Crippen LogP contribution in [-0.2, 0) is 22.5 Å². The largest absolute Gasteiger partial charge is 0.496 e. The Morgan fingerprint density at radius 3 is 2.51 bits per heavy atom. The van der Waals surface area contributed by atoms with E-state index in [1.165, 1.54) is 0 Å². The van der Waals surface area contributed by atoms with Crippen molar-refractivity contribution in [3.8, 4) is 11.5 Å². The highest BCUT2D eigenvalue weighted by Gasteiger charge is 2.54. The molecule has 1 heterocycles. The second kappa shape index (κ2) is 14.9. The van der Waals surface area contributed by atoms with Crippen LogP contribution in [-0.4, -0.2) is 42.8 Å². The molecule has 1 amide bonds. The Bertz CT molecular complexity index is 1670. The predicted molar refractivity (Wildman–Crippen MR) is 170 cm³/mol. The van der Waals surface area contributed by atoms with E-state index < -0.39 is 17.6 Å². The molecule has 0 saturated carbocycles. The van der Waals surface area contributed by atoms with E-state index in [2.05, 4.69) is 20.9 Å². The minimum Gasteiger partial charge on any atom is -0.496 e. The first-order valence-electron chi connectivity index (χ1n) is 14.5. The smallest absolute Gasteiger partial charge is 0.266 e. The number of hydrogen-bond donors (Lipinski definition) is 3. The van der Waals surface area contributed by atoms with E-state index >= 15 is 0 Å². The van der Waals surface area contributed by atoms with Crippen LogP contribution >= 0.6 is 0 Å². The molecule has 0 unspecified atom stereocenters. The van der Waals surface area contributed by atoms with Crippen LogP contribution in [0.1, 0.15) is 34.8 Å². The number of aliphatic hydroxyl groups is 1. The number of methoxy groups -OCH3 is 1. The molecule has 0 spiro atoms. The number of hydrazine groups is 1. The molecule has 1 aliphatic heterocycles. The lowest BCUT2D eigenvalue weighted by Gasteiger charge is -2.31. The van der Waals surface area contributed by atoms with Crippen molar-refractivity contribution in [2.75, 3.05) is 20.3 Å². The monoisotopic (exact) mass is 606 g/mol. The van der Waals surface area contributed by atoms with Crippen LogP contribution in [0, 0.1) is 0 Å². The first kappa shape index (κ1) is 31.1. The Morgan fingerprint density at radius 2 is 1.76 bits per heavy atom. The maximum absolute atomic E-state index is 14.4. The maximum atomic E-state index is 14.4. The average molecular weight is 607 g/mol. The lowest BCUT2D eigenvalue weighted by molar-refractivity contribution is -0.130. The van der Waals surface area contributed by atoms with Gasteiger partial charge < -0.3 is 19.3 Å². The number of nitrogens with zero attached hydrogens (tertiary/aromatic N) is 4. The van der Waals surface area contributed by atoms with Crippen LogP contribution < -0.4 is 20.3 Å². The van der Waals surface area contributed by atoms with Crippen molar-refractivity contribution in [3.05, 3.63) is 136 Å². The fourth-order valence-electron chi connectivity index (χ4n) is 5.19. The molecule has 11 heteroatoms. The lowest BCUT2D eigenvalue weighted by atomic mass is 9.81. The van der Waals surface area contributed by atoms with Crippen LogP contribution in [0.4, 0.5) is 5.69 Å². The molecule has 4 aromatic rings. The van der Waals surface area contributed by atoms with Gasteiger partial charge in [-0.05, 0) is 41.4 Å². The molecule has 0 saturated heterocycles. The number of carbonyl (C=O) groups excluding carboxylic acids is 1.